The molecular weight excluding hydrogens is 476 g/mol. The molecule has 0 aromatic heterocycles. The van der Waals surface area contributed by atoms with E-state index < -0.39 is 35.5 Å². The smallest absolute Gasteiger partial charge is 0.457 e. The fourth-order valence-corrected chi connectivity index (χ4v) is 7.95. The highest BCUT2D eigenvalue weighted by Gasteiger charge is 2.71. The zero-order valence-electron chi connectivity index (χ0n) is 22.6. The molecule has 4 rings (SSSR count). The Labute approximate surface area is 218 Å². The number of carbonyl (C=O) groups is 5. The van der Waals surface area contributed by atoms with Crippen LogP contribution in [-0.2, 0) is 33.4 Å². The van der Waals surface area contributed by atoms with Gasteiger partial charge in [0.1, 0.15) is 5.78 Å². The van der Waals surface area contributed by atoms with Crippen molar-refractivity contribution in [2.75, 3.05) is 13.2 Å². The molecule has 0 spiro atoms. The molecule has 0 amide bonds. The molecule has 204 valence electrons. The number of fused-ring (bicyclic) bond motifs is 5. The summed E-state index contributed by atoms with van der Waals surface area (Å²) < 4.78 is 16.3. The maximum Gasteiger partial charge on any atom is 0.509 e. The third-order valence-corrected chi connectivity index (χ3v) is 9.73. The zero-order chi connectivity index (χ0) is 27.0. The average molecular weight is 517 g/mol. The first kappa shape index (κ1) is 27.5. The first-order chi connectivity index (χ1) is 17.5. The normalized spacial score (nSPS) is 36.5. The average Bonchev–Trinajstić information content (AvgIpc) is 3.13. The van der Waals surface area contributed by atoms with Gasteiger partial charge in [0.05, 0.1) is 6.61 Å². The predicted octanol–water partition coefficient (Wildman–Crippen LogP) is 4.91. The topological polar surface area (TPSA) is 113 Å². The lowest BCUT2D eigenvalue weighted by Gasteiger charge is -2.57. The first-order valence-electron chi connectivity index (χ1n) is 13.8. The number of ketones is 3. The van der Waals surface area contributed by atoms with Crippen molar-refractivity contribution < 1.29 is 38.2 Å². The second-order valence-electron chi connectivity index (χ2n) is 11.8. The van der Waals surface area contributed by atoms with E-state index in [0.29, 0.717) is 32.1 Å². The molecule has 8 heteroatoms. The standard InChI is InChI=1S/C29H40O8/c1-5-7-24(33)36-17-23(32)29(37-26(34)35-14-6-2)13-11-21-20-9-8-18-15-19(30)10-12-27(18,3)25(20)22(31)16-28(21,29)4/h15,20-21,25H,5-14,16-17H2,1-4H3/t20-,21-,25+,27-,28-,29-/m0/s1. The van der Waals surface area contributed by atoms with Crippen LogP contribution in [0, 0.1) is 28.6 Å². The molecule has 37 heavy (non-hydrogen) atoms. The van der Waals surface area contributed by atoms with Gasteiger partial charge in [0.15, 0.2) is 18.0 Å². The van der Waals surface area contributed by atoms with E-state index in [1.54, 1.807) is 6.08 Å². The van der Waals surface area contributed by atoms with Crippen molar-refractivity contribution in [1.29, 1.82) is 0 Å². The van der Waals surface area contributed by atoms with Gasteiger partial charge in [-0.1, -0.05) is 33.3 Å². The molecule has 0 aliphatic heterocycles. The van der Waals surface area contributed by atoms with Crippen LogP contribution in [0.15, 0.2) is 11.6 Å². The van der Waals surface area contributed by atoms with Crippen LogP contribution in [0.25, 0.3) is 0 Å². The summed E-state index contributed by atoms with van der Waals surface area (Å²) in [5, 5.41) is 0. The van der Waals surface area contributed by atoms with Crippen LogP contribution < -0.4 is 0 Å². The van der Waals surface area contributed by atoms with Gasteiger partial charge in [-0.3, -0.25) is 19.2 Å². The molecule has 0 saturated heterocycles. The van der Waals surface area contributed by atoms with Crippen molar-refractivity contribution in [3.05, 3.63) is 11.6 Å². The maximum absolute atomic E-state index is 14.0. The van der Waals surface area contributed by atoms with E-state index in [1.165, 1.54) is 0 Å². The summed E-state index contributed by atoms with van der Waals surface area (Å²) in [6.07, 6.45) is 5.77. The maximum atomic E-state index is 14.0. The summed E-state index contributed by atoms with van der Waals surface area (Å²) in [6.45, 7) is 7.36. The Bertz CT molecular complexity index is 1010. The third kappa shape index (κ3) is 4.54. The van der Waals surface area contributed by atoms with Crippen LogP contribution >= 0.6 is 0 Å². The summed E-state index contributed by atoms with van der Waals surface area (Å²) in [7, 11) is 0. The van der Waals surface area contributed by atoms with Crippen LogP contribution in [0.3, 0.4) is 0 Å². The fraction of sp³-hybridized carbons (Fsp3) is 0.759. The molecule has 3 fully saturated rings. The number of hydrogen-bond acceptors (Lipinski definition) is 8. The van der Waals surface area contributed by atoms with Crippen LogP contribution in [0.2, 0.25) is 0 Å². The Morgan fingerprint density at radius 1 is 1.00 bits per heavy atom. The lowest BCUT2D eigenvalue weighted by atomic mass is 9.46. The van der Waals surface area contributed by atoms with Gasteiger partial charge in [0.2, 0.25) is 5.78 Å². The van der Waals surface area contributed by atoms with E-state index in [1.807, 2.05) is 20.8 Å². The minimum absolute atomic E-state index is 0.0224. The molecule has 8 nitrogen and oxygen atoms in total. The van der Waals surface area contributed by atoms with Crippen molar-refractivity contribution in [2.45, 2.75) is 97.5 Å². The van der Waals surface area contributed by atoms with Gasteiger partial charge >= 0.3 is 12.1 Å². The van der Waals surface area contributed by atoms with Crippen molar-refractivity contribution in [2.24, 2.45) is 28.6 Å². The Morgan fingerprint density at radius 3 is 2.46 bits per heavy atom. The van der Waals surface area contributed by atoms with Crippen LogP contribution in [0.4, 0.5) is 4.79 Å². The van der Waals surface area contributed by atoms with Crippen molar-refractivity contribution in [3.63, 3.8) is 0 Å². The Kier molecular flexibility index (Phi) is 7.69. The third-order valence-electron chi connectivity index (χ3n) is 9.73. The van der Waals surface area contributed by atoms with E-state index in [2.05, 4.69) is 6.92 Å². The van der Waals surface area contributed by atoms with E-state index >= 15 is 0 Å². The molecule has 0 aromatic carbocycles. The number of Topliss-reactive ketones (excluding diaryl/α,β-unsaturated/α-hetero) is 2. The molecule has 4 aliphatic rings. The fourth-order valence-electron chi connectivity index (χ4n) is 7.95. The minimum atomic E-state index is -1.60. The highest BCUT2D eigenvalue weighted by atomic mass is 16.7. The lowest BCUT2D eigenvalue weighted by molar-refractivity contribution is -0.177. The van der Waals surface area contributed by atoms with Crippen LogP contribution in [0.5, 0.6) is 0 Å². The molecule has 0 radical (unpaired) electrons. The van der Waals surface area contributed by atoms with E-state index in [-0.39, 0.29) is 60.6 Å². The van der Waals surface area contributed by atoms with Gasteiger partial charge in [0, 0.05) is 30.6 Å². The number of carbonyl (C=O) groups excluding carboxylic acids is 5. The molecule has 0 bridgehead atoms. The van der Waals surface area contributed by atoms with Gasteiger partial charge in [-0.2, -0.15) is 0 Å². The highest BCUT2D eigenvalue weighted by Crippen LogP contribution is 2.67. The van der Waals surface area contributed by atoms with Crippen LogP contribution in [0.1, 0.15) is 91.9 Å². The van der Waals surface area contributed by atoms with Gasteiger partial charge in [-0.15, -0.1) is 0 Å². The Hall–Kier alpha value is -2.51. The van der Waals surface area contributed by atoms with Crippen molar-refractivity contribution in [1.82, 2.24) is 0 Å². The quantitative estimate of drug-likeness (QED) is 0.418. The molecular formula is C29H40O8. The molecule has 0 unspecified atom stereocenters. The molecule has 0 N–H and O–H groups in total. The number of hydrogen-bond donors (Lipinski definition) is 0. The van der Waals surface area contributed by atoms with Crippen molar-refractivity contribution >= 4 is 29.5 Å². The minimum Gasteiger partial charge on any atom is -0.457 e. The monoisotopic (exact) mass is 516 g/mol. The number of rotatable bonds is 8. The number of allylic oxidation sites excluding steroid dienone is 1. The second kappa shape index (κ2) is 10.3. The summed E-state index contributed by atoms with van der Waals surface area (Å²) in [4.78, 5) is 64.6. The van der Waals surface area contributed by atoms with Gasteiger partial charge in [-0.25, -0.2) is 4.79 Å². The molecule has 6 atom stereocenters. The van der Waals surface area contributed by atoms with Crippen LogP contribution in [-0.4, -0.2) is 48.3 Å². The van der Waals surface area contributed by atoms with Gasteiger partial charge < -0.3 is 14.2 Å². The highest BCUT2D eigenvalue weighted by molar-refractivity contribution is 5.96. The molecule has 3 saturated carbocycles. The zero-order valence-corrected chi connectivity index (χ0v) is 22.6. The van der Waals surface area contributed by atoms with Gasteiger partial charge in [0.25, 0.3) is 0 Å². The summed E-state index contributed by atoms with van der Waals surface area (Å²) in [5.41, 5.74) is -1.83. The summed E-state index contributed by atoms with van der Waals surface area (Å²) in [5.74, 6) is -1.02. The predicted molar refractivity (Wildman–Crippen MR) is 133 cm³/mol. The molecule has 4 aliphatic carbocycles. The summed E-state index contributed by atoms with van der Waals surface area (Å²) >= 11 is 0. The van der Waals surface area contributed by atoms with E-state index in [9.17, 15) is 24.0 Å². The van der Waals surface area contributed by atoms with E-state index in [4.69, 9.17) is 14.2 Å². The molecule has 0 heterocycles. The Balaban J connectivity index is 1.67. The van der Waals surface area contributed by atoms with Crippen molar-refractivity contribution in [3.8, 4) is 0 Å². The van der Waals surface area contributed by atoms with Gasteiger partial charge in [-0.05, 0) is 68.3 Å². The lowest BCUT2D eigenvalue weighted by Crippen LogP contribution is -2.62. The first-order valence-corrected chi connectivity index (χ1v) is 13.8. The number of ether oxygens (including phenoxy) is 3. The number of esters is 1. The molecule has 0 aromatic rings. The van der Waals surface area contributed by atoms with E-state index in [0.717, 1.165) is 18.4 Å². The summed E-state index contributed by atoms with van der Waals surface area (Å²) in [6, 6.07) is 0. The Morgan fingerprint density at radius 2 is 1.76 bits per heavy atom. The SMILES string of the molecule is CCCOC(=O)O[C@]1(C(=O)COC(=O)CCC)CC[C@H]2[C@@H]3CCC4=CC(=O)CC[C@]4(C)[C@H]3C(=O)C[C@@]21C. The largest absolute Gasteiger partial charge is 0.509 e. The second-order valence-corrected chi connectivity index (χ2v) is 11.8.